The molecule has 1 heterocycles. The number of carbonyl (C=O) groups excluding carboxylic acids is 2. The maximum Gasteiger partial charge on any atom is 0.335 e. The van der Waals surface area contributed by atoms with E-state index in [2.05, 4.69) is 5.32 Å². The zero-order valence-corrected chi connectivity index (χ0v) is 16.2. The summed E-state index contributed by atoms with van der Waals surface area (Å²) < 4.78 is 0. The number of piperidine rings is 1. The van der Waals surface area contributed by atoms with Crippen LogP contribution in [-0.2, 0) is 16.0 Å². The summed E-state index contributed by atoms with van der Waals surface area (Å²) in [4.78, 5) is 37.8. The highest BCUT2D eigenvalue weighted by Crippen LogP contribution is 2.18. The molecular weight excluding hydrogens is 344 g/mol. The molecule has 6 heteroatoms. The van der Waals surface area contributed by atoms with Crippen LogP contribution >= 0.6 is 0 Å². The molecule has 0 saturated carbocycles. The van der Waals surface area contributed by atoms with Crippen molar-refractivity contribution in [2.24, 2.45) is 5.92 Å². The molecule has 1 aliphatic heterocycles. The number of benzene rings is 1. The molecule has 1 aliphatic rings. The second-order valence-corrected chi connectivity index (χ2v) is 7.14. The maximum atomic E-state index is 12.4. The molecule has 0 spiro atoms. The number of rotatable bonds is 8. The number of likely N-dealkylation sites (tertiary alicyclic amines) is 1. The van der Waals surface area contributed by atoms with Crippen molar-refractivity contribution in [3.63, 3.8) is 0 Å². The van der Waals surface area contributed by atoms with Crippen molar-refractivity contribution >= 4 is 17.8 Å². The van der Waals surface area contributed by atoms with Crippen LogP contribution in [0.25, 0.3) is 0 Å². The van der Waals surface area contributed by atoms with Crippen LogP contribution in [0.1, 0.15) is 61.9 Å². The summed E-state index contributed by atoms with van der Waals surface area (Å²) in [6.07, 6.45) is 3.93. The normalized spacial score (nSPS) is 15.0. The number of hydrogen-bond donors (Lipinski definition) is 2. The fourth-order valence-electron chi connectivity index (χ4n) is 3.64. The number of nitrogens with zero attached hydrogens (tertiary/aromatic N) is 1. The van der Waals surface area contributed by atoms with Crippen LogP contribution in [0, 0.1) is 5.92 Å². The minimum Gasteiger partial charge on any atom is -0.478 e. The summed E-state index contributed by atoms with van der Waals surface area (Å²) >= 11 is 0. The number of carboxylic acid groups (broad SMARTS) is 1. The maximum absolute atomic E-state index is 12.4. The average molecular weight is 374 g/mol. The van der Waals surface area contributed by atoms with E-state index in [-0.39, 0.29) is 35.8 Å². The van der Waals surface area contributed by atoms with E-state index >= 15 is 0 Å². The Kier molecular flexibility index (Phi) is 7.82. The van der Waals surface area contributed by atoms with E-state index in [1.165, 1.54) is 0 Å². The lowest BCUT2D eigenvalue weighted by Crippen LogP contribution is -2.48. The van der Waals surface area contributed by atoms with Gasteiger partial charge in [0.1, 0.15) is 0 Å². The van der Waals surface area contributed by atoms with Gasteiger partial charge in [-0.2, -0.15) is 0 Å². The lowest BCUT2D eigenvalue weighted by Gasteiger charge is -2.34. The standard InChI is InChI=1S/C21H30N2O4/c1-3-15(4-2)20(25)23-13-11-17(12-14-23)22-19(24)10-9-16-7-5-6-8-18(16)21(26)27/h5-8,15,17H,3-4,9-14H2,1-2H3,(H,22,24)(H,26,27). The molecule has 1 aromatic carbocycles. The Morgan fingerprint density at radius 3 is 2.37 bits per heavy atom. The van der Waals surface area contributed by atoms with Crippen molar-refractivity contribution in [3.8, 4) is 0 Å². The Hall–Kier alpha value is -2.37. The zero-order valence-electron chi connectivity index (χ0n) is 16.2. The molecule has 0 aromatic heterocycles. The Morgan fingerprint density at radius 2 is 1.78 bits per heavy atom. The van der Waals surface area contributed by atoms with Crippen molar-refractivity contribution in [2.45, 2.75) is 58.4 Å². The number of aryl methyl sites for hydroxylation is 1. The Balaban J connectivity index is 1.78. The first-order valence-electron chi connectivity index (χ1n) is 9.85. The van der Waals surface area contributed by atoms with Gasteiger partial charge in [-0.3, -0.25) is 9.59 Å². The van der Waals surface area contributed by atoms with Gasteiger partial charge in [0.25, 0.3) is 0 Å². The number of amides is 2. The van der Waals surface area contributed by atoms with E-state index in [4.69, 9.17) is 0 Å². The van der Waals surface area contributed by atoms with E-state index < -0.39 is 5.97 Å². The van der Waals surface area contributed by atoms with Crippen LogP contribution in [0.3, 0.4) is 0 Å². The first-order chi connectivity index (χ1) is 13.0. The van der Waals surface area contributed by atoms with E-state index in [0.717, 1.165) is 25.7 Å². The van der Waals surface area contributed by atoms with Crippen molar-refractivity contribution in [3.05, 3.63) is 35.4 Å². The van der Waals surface area contributed by atoms with E-state index in [0.29, 0.717) is 25.1 Å². The average Bonchev–Trinajstić information content (AvgIpc) is 2.68. The van der Waals surface area contributed by atoms with Crippen LogP contribution in [0.15, 0.2) is 24.3 Å². The molecule has 2 amide bonds. The number of nitrogens with one attached hydrogen (secondary N) is 1. The largest absolute Gasteiger partial charge is 0.478 e. The first-order valence-corrected chi connectivity index (χ1v) is 9.85. The lowest BCUT2D eigenvalue weighted by molar-refractivity contribution is -0.137. The van der Waals surface area contributed by atoms with E-state index in [1.807, 2.05) is 18.7 Å². The van der Waals surface area contributed by atoms with Gasteiger partial charge in [0, 0.05) is 31.5 Å². The van der Waals surface area contributed by atoms with Gasteiger partial charge in [0.2, 0.25) is 11.8 Å². The molecule has 1 fully saturated rings. The molecular formula is C21H30N2O4. The minimum absolute atomic E-state index is 0.0695. The molecule has 2 N–H and O–H groups in total. The van der Waals surface area contributed by atoms with Crippen LogP contribution in [-0.4, -0.2) is 46.9 Å². The summed E-state index contributed by atoms with van der Waals surface area (Å²) in [5.41, 5.74) is 0.921. The monoisotopic (exact) mass is 374 g/mol. The highest BCUT2D eigenvalue weighted by molar-refractivity contribution is 5.89. The lowest BCUT2D eigenvalue weighted by atomic mass is 9.98. The van der Waals surface area contributed by atoms with Crippen LogP contribution in [0.4, 0.5) is 0 Å². The smallest absolute Gasteiger partial charge is 0.335 e. The fraction of sp³-hybridized carbons (Fsp3) is 0.571. The second-order valence-electron chi connectivity index (χ2n) is 7.14. The highest BCUT2D eigenvalue weighted by atomic mass is 16.4. The third-order valence-corrected chi connectivity index (χ3v) is 5.38. The number of carbonyl (C=O) groups is 3. The van der Waals surface area contributed by atoms with Crippen molar-refractivity contribution in [2.75, 3.05) is 13.1 Å². The third-order valence-electron chi connectivity index (χ3n) is 5.38. The fourth-order valence-corrected chi connectivity index (χ4v) is 3.64. The summed E-state index contributed by atoms with van der Waals surface area (Å²) in [5.74, 6) is -0.707. The van der Waals surface area contributed by atoms with Gasteiger partial charge in [0.15, 0.2) is 0 Å². The molecule has 0 bridgehead atoms. The Labute approximate surface area is 160 Å². The molecule has 148 valence electrons. The summed E-state index contributed by atoms with van der Waals surface area (Å²) in [6.45, 7) is 5.45. The number of aromatic carboxylic acids is 1. The van der Waals surface area contributed by atoms with Gasteiger partial charge in [-0.05, 0) is 43.7 Å². The highest BCUT2D eigenvalue weighted by Gasteiger charge is 2.27. The molecule has 0 unspecified atom stereocenters. The van der Waals surface area contributed by atoms with Crippen LogP contribution in [0.5, 0.6) is 0 Å². The molecule has 6 nitrogen and oxygen atoms in total. The number of hydrogen-bond acceptors (Lipinski definition) is 3. The summed E-state index contributed by atoms with van der Waals surface area (Å²) in [5, 5.41) is 12.2. The van der Waals surface area contributed by atoms with E-state index in [9.17, 15) is 19.5 Å². The van der Waals surface area contributed by atoms with Gasteiger partial charge in [-0.15, -0.1) is 0 Å². The molecule has 2 rings (SSSR count). The SMILES string of the molecule is CCC(CC)C(=O)N1CCC(NC(=O)CCc2ccccc2C(=O)O)CC1. The molecule has 27 heavy (non-hydrogen) atoms. The van der Waals surface area contributed by atoms with Crippen LogP contribution in [0.2, 0.25) is 0 Å². The van der Waals surface area contributed by atoms with E-state index in [1.54, 1.807) is 24.3 Å². The van der Waals surface area contributed by atoms with Gasteiger partial charge in [-0.25, -0.2) is 4.79 Å². The predicted molar refractivity (Wildman–Crippen MR) is 104 cm³/mol. The summed E-state index contributed by atoms with van der Waals surface area (Å²) in [6, 6.07) is 6.86. The summed E-state index contributed by atoms with van der Waals surface area (Å²) in [7, 11) is 0. The Bertz CT molecular complexity index is 662. The molecule has 1 aromatic rings. The minimum atomic E-state index is -0.972. The van der Waals surface area contributed by atoms with Crippen molar-refractivity contribution < 1.29 is 19.5 Å². The van der Waals surface area contributed by atoms with Crippen molar-refractivity contribution in [1.29, 1.82) is 0 Å². The Morgan fingerprint density at radius 1 is 1.15 bits per heavy atom. The molecule has 1 saturated heterocycles. The van der Waals surface area contributed by atoms with Gasteiger partial charge in [0.05, 0.1) is 5.56 Å². The van der Waals surface area contributed by atoms with Crippen molar-refractivity contribution in [1.82, 2.24) is 10.2 Å². The van der Waals surface area contributed by atoms with Gasteiger partial charge in [-0.1, -0.05) is 32.0 Å². The topological polar surface area (TPSA) is 86.7 Å². The number of carboxylic acids is 1. The first kappa shape index (κ1) is 20.9. The molecule has 0 aliphatic carbocycles. The zero-order chi connectivity index (χ0) is 19.8. The predicted octanol–water partition coefficient (Wildman–Crippen LogP) is 2.86. The van der Waals surface area contributed by atoms with Crippen LogP contribution < -0.4 is 5.32 Å². The second kappa shape index (κ2) is 10.1. The molecule has 0 atom stereocenters. The quantitative estimate of drug-likeness (QED) is 0.732. The van der Waals surface area contributed by atoms with Gasteiger partial charge < -0.3 is 15.3 Å². The van der Waals surface area contributed by atoms with Gasteiger partial charge >= 0.3 is 5.97 Å². The third kappa shape index (κ3) is 5.81. The molecule has 0 radical (unpaired) electrons.